The van der Waals surface area contributed by atoms with Gasteiger partial charge in [0.1, 0.15) is 0 Å². The Morgan fingerprint density at radius 2 is 1.87 bits per heavy atom. The molecule has 0 aliphatic carbocycles. The first-order valence-corrected chi connectivity index (χ1v) is 5.12. The third-order valence-corrected chi connectivity index (χ3v) is 2.23. The fraction of sp³-hybridized carbons (Fsp3) is 0.417. The molecule has 0 bridgehead atoms. The molecule has 3 heteroatoms. The first kappa shape index (κ1) is 11.7. The number of rotatable bonds is 3. The van der Waals surface area contributed by atoms with Crippen LogP contribution in [-0.4, -0.2) is 5.91 Å². The van der Waals surface area contributed by atoms with Crippen LogP contribution >= 0.6 is 0 Å². The molecule has 0 aliphatic rings. The molecule has 0 unspecified atom stereocenters. The molecule has 1 amide bonds. The van der Waals surface area contributed by atoms with Crippen molar-refractivity contribution >= 4 is 11.6 Å². The largest absolute Gasteiger partial charge is 0.326 e. The van der Waals surface area contributed by atoms with E-state index in [-0.39, 0.29) is 11.4 Å². The van der Waals surface area contributed by atoms with Crippen LogP contribution in [0.25, 0.3) is 0 Å². The van der Waals surface area contributed by atoms with Gasteiger partial charge in [-0.3, -0.25) is 4.79 Å². The summed E-state index contributed by atoms with van der Waals surface area (Å²) < 4.78 is 0. The summed E-state index contributed by atoms with van der Waals surface area (Å²) in [6, 6.07) is 7.62. The molecule has 3 N–H and O–H groups in total. The van der Waals surface area contributed by atoms with E-state index in [4.69, 9.17) is 5.73 Å². The van der Waals surface area contributed by atoms with Crippen LogP contribution in [0.15, 0.2) is 24.3 Å². The van der Waals surface area contributed by atoms with Crippen molar-refractivity contribution in [2.45, 2.75) is 32.7 Å². The molecule has 0 saturated carbocycles. The van der Waals surface area contributed by atoms with Crippen molar-refractivity contribution < 1.29 is 4.79 Å². The second-order valence-electron chi connectivity index (χ2n) is 4.20. The van der Waals surface area contributed by atoms with Crippen LogP contribution in [0, 0.1) is 0 Å². The maximum Gasteiger partial charge on any atom is 0.224 e. The van der Waals surface area contributed by atoms with Crippen LogP contribution in [0.3, 0.4) is 0 Å². The van der Waals surface area contributed by atoms with Crippen LogP contribution in [0.4, 0.5) is 5.69 Å². The number of hydrogen-bond acceptors (Lipinski definition) is 2. The van der Waals surface area contributed by atoms with Crippen molar-refractivity contribution in [3.63, 3.8) is 0 Å². The van der Waals surface area contributed by atoms with Gasteiger partial charge < -0.3 is 11.1 Å². The Labute approximate surface area is 90.7 Å². The summed E-state index contributed by atoms with van der Waals surface area (Å²) >= 11 is 0. The van der Waals surface area contributed by atoms with E-state index in [0.717, 1.165) is 11.3 Å². The molecule has 15 heavy (non-hydrogen) atoms. The average Bonchev–Trinajstić information content (AvgIpc) is 2.17. The predicted molar refractivity (Wildman–Crippen MR) is 62.6 cm³/mol. The van der Waals surface area contributed by atoms with Crippen molar-refractivity contribution in [3.8, 4) is 0 Å². The summed E-state index contributed by atoms with van der Waals surface area (Å²) in [4.78, 5) is 11.1. The van der Waals surface area contributed by atoms with E-state index in [9.17, 15) is 4.79 Å². The minimum atomic E-state index is -0.340. The number of carbonyl (C=O) groups is 1. The number of carbonyl (C=O) groups excluding carboxylic acids is 1. The normalized spacial score (nSPS) is 11.2. The molecule has 1 aromatic carbocycles. The summed E-state index contributed by atoms with van der Waals surface area (Å²) in [6.45, 7) is 5.73. The maximum absolute atomic E-state index is 11.1. The quantitative estimate of drug-likeness (QED) is 0.796. The molecule has 0 aromatic heterocycles. The molecule has 82 valence electrons. The fourth-order valence-corrected chi connectivity index (χ4v) is 1.23. The standard InChI is InChI=1S/C12H18N2O/c1-4-11(15)14-10-7-5-9(6-8-10)12(2,3)13/h5-8H,4,13H2,1-3H3,(H,14,15). The molecular formula is C12H18N2O. The Hall–Kier alpha value is -1.35. The van der Waals surface area contributed by atoms with Crippen molar-refractivity contribution in [2.75, 3.05) is 5.32 Å². The van der Waals surface area contributed by atoms with Crippen LogP contribution in [0.2, 0.25) is 0 Å². The summed E-state index contributed by atoms with van der Waals surface area (Å²) in [5, 5.41) is 2.79. The lowest BCUT2D eigenvalue weighted by atomic mass is 9.96. The molecule has 0 atom stereocenters. The molecule has 1 rings (SSSR count). The van der Waals surface area contributed by atoms with Gasteiger partial charge in [-0.15, -0.1) is 0 Å². The Morgan fingerprint density at radius 1 is 1.33 bits per heavy atom. The molecule has 0 fully saturated rings. The first-order chi connectivity index (χ1) is 6.93. The third kappa shape index (κ3) is 3.36. The summed E-state index contributed by atoms with van der Waals surface area (Å²) in [5.74, 6) is 0.0229. The molecule has 1 aromatic rings. The van der Waals surface area contributed by atoms with Gasteiger partial charge in [0.2, 0.25) is 5.91 Å². The number of anilines is 1. The Kier molecular flexibility index (Phi) is 3.48. The van der Waals surface area contributed by atoms with Gasteiger partial charge in [-0.1, -0.05) is 19.1 Å². The minimum Gasteiger partial charge on any atom is -0.326 e. The topological polar surface area (TPSA) is 55.1 Å². The molecule has 3 nitrogen and oxygen atoms in total. The first-order valence-electron chi connectivity index (χ1n) is 5.12. The lowest BCUT2D eigenvalue weighted by molar-refractivity contribution is -0.115. The summed E-state index contributed by atoms with van der Waals surface area (Å²) in [7, 11) is 0. The maximum atomic E-state index is 11.1. The van der Waals surface area contributed by atoms with Gasteiger partial charge in [-0.05, 0) is 31.5 Å². The number of hydrogen-bond donors (Lipinski definition) is 2. The second kappa shape index (κ2) is 4.45. The highest BCUT2D eigenvalue weighted by Crippen LogP contribution is 2.19. The molecular weight excluding hydrogens is 188 g/mol. The number of nitrogens with two attached hydrogens (primary N) is 1. The minimum absolute atomic E-state index is 0.0229. The molecule has 0 saturated heterocycles. The van der Waals surface area contributed by atoms with E-state index in [1.165, 1.54) is 0 Å². The van der Waals surface area contributed by atoms with Gasteiger partial charge in [0, 0.05) is 17.6 Å². The van der Waals surface area contributed by atoms with E-state index in [0.29, 0.717) is 6.42 Å². The molecule has 0 spiro atoms. The molecule has 0 radical (unpaired) electrons. The van der Waals surface area contributed by atoms with Gasteiger partial charge in [-0.2, -0.15) is 0 Å². The monoisotopic (exact) mass is 206 g/mol. The number of benzene rings is 1. The van der Waals surface area contributed by atoms with Gasteiger partial charge in [-0.25, -0.2) is 0 Å². The number of nitrogens with one attached hydrogen (secondary N) is 1. The van der Waals surface area contributed by atoms with E-state index >= 15 is 0 Å². The van der Waals surface area contributed by atoms with Crippen LogP contribution in [0.1, 0.15) is 32.8 Å². The van der Waals surface area contributed by atoms with E-state index < -0.39 is 0 Å². The third-order valence-electron chi connectivity index (χ3n) is 2.23. The molecule has 0 heterocycles. The highest BCUT2D eigenvalue weighted by Gasteiger charge is 2.13. The van der Waals surface area contributed by atoms with Crippen molar-refractivity contribution in [1.82, 2.24) is 0 Å². The van der Waals surface area contributed by atoms with Gasteiger partial charge in [0.25, 0.3) is 0 Å². The average molecular weight is 206 g/mol. The SMILES string of the molecule is CCC(=O)Nc1ccc(C(C)(C)N)cc1. The van der Waals surface area contributed by atoms with E-state index in [1.807, 2.05) is 45.0 Å². The van der Waals surface area contributed by atoms with E-state index in [1.54, 1.807) is 0 Å². The molecule has 0 aliphatic heterocycles. The van der Waals surface area contributed by atoms with Crippen molar-refractivity contribution in [1.29, 1.82) is 0 Å². The Balaban J connectivity index is 2.77. The lowest BCUT2D eigenvalue weighted by Crippen LogP contribution is -2.28. The highest BCUT2D eigenvalue weighted by atomic mass is 16.1. The van der Waals surface area contributed by atoms with Crippen LogP contribution < -0.4 is 11.1 Å². The van der Waals surface area contributed by atoms with Crippen molar-refractivity contribution in [2.24, 2.45) is 5.73 Å². The zero-order valence-corrected chi connectivity index (χ0v) is 9.50. The lowest BCUT2D eigenvalue weighted by Gasteiger charge is -2.19. The zero-order valence-electron chi connectivity index (χ0n) is 9.50. The smallest absolute Gasteiger partial charge is 0.224 e. The van der Waals surface area contributed by atoms with Crippen molar-refractivity contribution in [3.05, 3.63) is 29.8 Å². The Bertz CT molecular complexity index is 336. The van der Waals surface area contributed by atoms with Gasteiger partial charge >= 0.3 is 0 Å². The highest BCUT2D eigenvalue weighted by molar-refractivity contribution is 5.90. The summed E-state index contributed by atoms with van der Waals surface area (Å²) in [5.41, 5.74) is 7.47. The van der Waals surface area contributed by atoms with E-state index in [2.05, 4.69) is 5.32 Å². The second-order valence-corrected chi connectivity index (χ2v) is 4.20. The van der Waals surface area contributed by atoms with Crippen LogP contribution in [-0.2, 0) is 10.3 Å². The van der Waals surface area contributed by atoms with Gasteiger partial charge in [0.05, 0.1) is 0 Å². The summed E-state index contributed by atoms with van der Waals surface area (Å²) in [6.07, 6.45) is 0.490. The number of amides is 1. The zero-order chi connectivity index (χ0) is 11.5. The van der Waals surface area contributed by atoms with Gasteiger partial charge in [0.15, 0.2) is 0 Å². The van der Waals surface area contributed by atoms with Crippen LogP contribution in [0.5, 0.6) is 0 Å². The Morgan fingerprint density at radius 3 is 2.27 bits per heavy atom. The predicted octanol–water partition coefficient (Wildman–Crippen LogP) is 2.23. The fourth-order valence-electron chi connectivity index (χ4n) is 1.23.